The molecule has 0 atom stereocenters. The van der Waals surface area contributed by atoms with Crippen molar-refractivity contribution in [3.05, 3.63) is 65.7 Å². The molecule has 0 bridgehead atoms. The second-order valence-corrected chi connectivity index (χ2v) is 7.10. The summed E-state index contributed by atoms with van der Waals surface area (Å²) < 4.78 is 5.36. The summed E-state index contributed by atoms with van der Waals surface area (Å²) in [5.41, 5.74) is 3.94. The summed E-state index contributed by atoms with van der Waals surface area (Å²) in [5, 5.41) is 0.719. The van der Waals surface area contributed by atoms with E-state index in [1.54, 1.807) is 11.0 Å². The van der Waals surface area contributed by atoms with Crippen LogP contribution in [0.15, 0.2) is 54.6 Å². The molecule has 0 aliphatic carbocycles. The number of rotatable bonds is 4. The van der Waals surface area contributed by atoms with Crippen LogP contribution in [0.1, 0.15) is 28.8 Å². The lowest BCUT2D eigenvalue weighted by atomic mass is 10.0. The Labute approximate surface area is 163 Å². The van der Waals surface area contributed by atoms with E-state index in [0.29, 0.717) is 11.3 Å². The van der Waals surface area contributed by atoms with Crippen LogP contribution in [0.3, 0.4) is 0 Å². The van der Waals surface area contributed by atoms with E-state index in [1.807, 2.05) is 55.5 Å². The van der Waals surface area contributed by atoms with E-state index in [2.05, 4.69) is 0 Å². The Morgan fingerprint density at radius 2 is 1.75 bits per heavy atom. The average Bonchev–Trinajstić information content (AvgIpc) is 3.26. The molecule has 0 unspecified atom stereocenters. The van der Waals surface area contributed by atoms with Gasteiger partial charge in [-0.3, -0.25) is 4.79 Å². The molecule has 0 saturated carbocycles. The fourth-order valence-corrected chi connectivity index (χ4v) is 3.48. The van der Waals surface area contributed by atoms with Crippen LogP contribution in [0.5, 0.6) is 0 Å². The Bertz CT molecular complexity index is 1020. The minimum absolute atomic E-state index is 0.136. The first-order valence-corrected chi connectivity index (χ1v) is 9.53. The number of carbonyl (C=O) groups excluding carboxylic acids is 2. The van der Waals surface area contributed by atoms with Gasteiger partial charge in [0, 0.05) is 24.0 Å². The SMILES string of the molecule is Cc1ccc(-c2cc(C(=O)OCC(=O)N3CCCC3)c3ccccc3n2)cc1. The molecule has 1 aromatic heterocycles. The number of amides is 1. The second kappa shape index (κ2) is 7.80. The number of nitrogens with zero attached hydrogens (tertiary/aromatic N) is 2. The number of hydrogen-bond donors (Lipinski definition) is 0. The number of aryl methyl sites for hydroxylation is 1. The lowest BCUT2D eigenvalue weighted by molar-refractivity contribution is -0.133. The van der Waals surface area contributed by atoms with Gasteiger partial charge in [0.25, 0.3) is 5.91 Å². The topological polar surface area (TPSA) is 59.5 Å². The molecule has 1 saturated heterocycles. The van der Waals surface area contributed by atoms with Gasteiger partial charge in [0.15, 0.2) is 6.61 Å². The first-order valence-electron chi connectivity index (χ1n) is 9.53. The molecule has 0 radical (unpaired) electrons. The molecule has 5 nitrogen and oxygen atoms in total. The number of fused-ring (bicyclic) bond motifs is 1. The Hall–Kier alpha value is -3.21. The van der Waals surface area contributed by atoms with Crippen molar-refractivity contribution < 1.29 is 14.3 Å². The van der Waals surface area contributed by atoms with E-state index in [9.17, 15) is 9.59 Å². The van der Waals surface area contributed by atoms with Crippen LogP contribution in [-0.2, 0) is 9.53 Å². The normalized spacial score (nSPS) is 13.7. The molecular formula is C23H22N2O3. The molecule has 3 aromatic rings. The number of likely N-dealkylation sites (tertiary alicyclic amines) is 1. The van der Waals surface area contributed by atoms with Crippen LogP contribution in [0.25, 0.3) is 22.2 Å². The number of para-hydroxylation sites is 1. The summed E-state index contributed by atoms with van der Waals surface area (Å²) in [5.74, 6) is -0.637. The molecule has 0 N–H and O–H groups in total. The Morgan fingerprint density at radius 3 is 2.50 bits per heavy atom. The molecular weight excluding hydrogens is 352 g/mol. The van der Waals surface area contributed by atoms with E-state index >= 15 is 0 Å². The highest BCUT2D eigenvalue weighted by Crippen LogP contribution is 2.25. The molecule has 5 heteroatoms. The number of benzene rings is 2. The lowest BCUT2D eigenvalue weighted by Gasteiger charge is -2.15. The summed E-state index contributed by atoms with van der Waals surface area (Å²) >= 11 is 0. The van der Waals surface area contributed by atoms with E-state index in [4.69, 9.17) is 9.72 Å². The quantitative estimate of drug-likeness (QED) is 0.648. The van der Waals surface area contributed by atoms with Crippen molar-refractivity contribution in [2.75, 3.05) is 19.7 Å². The third kappa shape index (κ3) is 3.74. The fraction of sp³-hybridized carbons (Fsp3) is 0.261. The molecule has 1 fully saturated rings. The van der Waals surface area contributed by atoms with Crippen LogP contribution in [-0.4, -0.2) is 41.5 Å². The smallest absolute Gasteiger partial charge is 0.339 e. The number of esters is 1. The second-order valence-electron chi connectivity index (χ2n) is 7.10. The van der Waals surface area contributed by atoms with E-state index in [-0.39, 0.29) is 12.5 Å². The number of carbonyl (C=O) groups is 2. The standard InChI is InChI=1S/C23H22N2O3/c1-16-8-10-17(11-9-16)21-14-19(18-6-2-3-7-20(18)24-21)23(27)28-15-22(26)25-12-4-5-13-25/h2-3,6-11,14H,4-5,12-13,15H2,1H3. The highest BCUT2D eigenvalue weighted by Gasteiger charge is 2.21. The minimum atomic E-state index is -0.500. The van der Waals surface area contributed by atoms with Gasteiger partial charge in [-0.15, -0.1) is 0 Å². The molecule has 28 heavy (non-hydrogen) atoms. The van der Waals surface area contributed by atoms with Crippen LogP contribution >= 0.6 is 0 Å². The summed E-state index contributed by atoms with van der Waals surface area (Å²) in [6.45, 7) is 3.28. The van der Waals surface area contributed by atoms with E-state index < -0.39 is 5.97 Å². The zero-order chi connectivity index (χ0) is 19.5. The van der Waals surface area contributed by atoms with Crippen molar-refractivity contribution in [3.8, 4) is 11.3 Å². The van der Waals surface area contributed by atoms with Gasteiger partial charge in [-0.2, -0.15) is 0 Å². The van der Waals surface area contributed by atoms with Crippen molar-refractivity contribution in [3.63, 3.8) is 0 Å². The van der Waals surface area contributed by atoms with Gasteiger partial charge in [0.05, 0.1) is 16.8 Å². The number of hydrogen-bond acceptors (Lipinski definition) is 4. The van der Waals surface area contributed by atoms with Crippen LogP contribution < -0.4 is 0 Å². The highest BCUT2D eigenvalue weighted by molar-refractivity contribution is 6.05. The molecule has 4 rings (SSSR count). The van der Waals surface area contributed by atoms with Crippen molar-refractivity contribution in [1.82, 2.24) is 9.88 Å². The van der Waals surface area contributed by atoms with Gasteiger partial charge in [-0.25, -0.2) is 9.78 Å². The first-order chi connectivity index (χ1) is 13.6. The van der Waals surface area contributed by atoms with Crippen LogP contribution in [0.2, 0.25) is 0 Å². The molecule has 2 aromatic carbocycles. The van der Waals surface area contributed by atoms with Crippen molar-refractivity contribution in [2.24, 2.45) is 0 Å². The monoisotopic (exact) mass is 374 g/mol. The molecule has 2 heterocycles. The van der Waals surface area contributed by atoms with Crippen LogP contribution in [0, 0.1) is 6.92 Å². The number of ether oxygens (including phenoxy) is 1. The predicted octanol–water partition coefficient (Wildman–Crippen LogP) is 3.99. The minimum Gasteiger partial charge on any atom is -0.452 e. The first kappa shape index (κ1) is 18.2. The summed E-state index contributed by atoms with van der Waals surface area (Å²) in [6.07, 6.45) is 2.02. The zero-order valence-electron chi connectivity index (χ0n) is 15.9. The Morgan fingerprint density at radius 1 is 1.04 bits per heavy atom. The highest BCUT2D eigenvalue weighted by atomic mass is 16.5. The lowest BCUT2D eigenvalue weighted by Crippen LogP contribution is -2.32. The summed E-state index contributed by atoms with van der Waals surface area (Å²) in [6, 6.07) is 17.2. The maximum atomic E-state index is 12.8. The number of pyridine rings is 1. The van der Waals surface area contributed by atoms with Gasteiger partial charge in [0.1, 0.15) is 0 Å². The summed E-state index contributed by atoms with van der Waals surface area (Å²) in [7, 11) is 0. The molecule has 0 spiro atoms. The van der Waals surface area contributed by atoms with E-state index in [0.717, 1.165) is 48.0 Å². The number of aromatic nitrogens is 1. The fourth-order valence-electron chi connectivity index (χ4n) is 3.48. The zero-order valence-corrected chi connectivity index (χ0v) is 15.9. The van der Waals surface area contributed by atoms with Crippen molar-refractivity contribution in [1.29, 1.82) is 0 Å². The third-order valence-electron chi connectivity index (χ3n) is 5.07. The average molecular weight is 374 g/mol. The Kier molecular flexibility index (Phi) is 5.06. The van der Waals surface area contributed by atoms with Gasteiger partial charge in [-0.05, 0) is 31.9 Å². The Balaban J connectivity index is 1.63. The van der Waals surface area contributed by atoms with Gasteiger partial charge in [-0.1, -0.05) is 48.0 Å². The van der Waals surface area contributed by atoms with Crippen molar-refractivity contribution >= 4 is 22.8 Å². The molecule has 1 aliphatic rings. The maximum absolute atomic E-state index is 12.8. The van der Waals surface area contributed by atoms with Crippen LogP contribution in [0.4, 0.5) is 0 Å². The largest absolute Gasteiger partial charge is 0.452 e. The van der Waals surface area contributed by atoms with Gasteiger partial charge in [0.2, 0.25) is 0 Å². The van der Waals surface area contributed by atoms with Gasteiger partial charge < -0.3 is 9.64 Å². The predicted molar refractivity (Wildman–Crippen MR) is 108 cm³/mol. The molecule has 1 amide bonds. The molecule has 142 valence electrons. The van der Waals surface area contributed by atoms with Gasteiger partial charge >= 0.3 is 5.97 Å². The third-order valence-corrected chi connectivity index (χ3v) is 5.07. The maximum Gasteiger partial charge on any atom is 0.339 e. The van der Waals surface area contributed by atoms with E-state index in [1.165, 1.54) is 0 Å². The van der Waals surface area contributed by atoms with Crippen molar-refractivity contribution in [2.45, 2.75) is 19.8 Å². The summed E-state index contributed by atoms with van der Waals surface area (Å²) in [4.78, 5) is 31.4. The molecule has 1 aliphatic heterocycles.